The average molecular weight is 538 g/mol. The molecule has 5 rings (SSSR count). The molecule has 0 amide bonds. The zero-order chi connectivity index (χ0) is 28.0. The van der Waals surface area contributed by atoms with E-state index in [2.05, 4.69) is 4.99 Å². The number of aliphatic imine (C=N–C) groups is 1. The molecule has 0 spiro atoms. The molecule has 1 atom stereocenters. The quantitative estimate of drug-likeness (QED) is 0.131. The van der Waals surface area contributed by atoms with Crippen LogP contribution in [0, 0.1) is 0 Å². The molecular formula is C31H23NO8. The van der Waals surface area contributed by atoms with Crippen LogP contribution in [-0.4, -0.2) is 36.6 Å². The summed E-state index contributed by atoms with van der Waals surface area (Å²) >= 11 is 0. The van der Waals surface area contributed by atoms with Gasteiger partial charge in [0.2, 0.25) is 5.90 Å². The summed E-state index contributed by atoms with van der Waals surface area (Å²) in [5.41, 5.74) is -0.964. The Hall–Kier alpha value is -5.44. The minimum atomic E-state index is -2.00. The van der Waals surface area contributed by atoms with E-state index in [9.17, 15) is 14.4 Å². The molecule has 9 nitrogen and oxygen atoms in total. The lowest BCUT2D eigenvalue weighted by Crippen LogP contribution is -2.47. The third-order valence-corrected chi connectivity index (χ3v) is 5.98. The largest absolute Gasteiger partial charge is 0.519 e. The number of nitrogens with zero attached hydrogens (tertiary/aromatic N) is 1. The molecule has 0 radical (unpaired) electrons. The highest BCUT2D eigenvalue weighted by atomic mass is 16.7. The average Bonchev–Trinajstić information content (AvgIpc) is 3.32. The predicted octanol–water partition coefficient (Wildman–Crippen LogP) is 5.16. The van der Waals surface area contributed by atoms with Crippen molar-refractivity contribution in [1.82, 2.24) is 0 Å². The first-order valence-corrected chi connectivity index (χ1v) is 12.2. The Morgan fingerprint density at radius 1 is 0.700 bits per heavy atom. The number of rotatable bonds is 8. The molecular weight excluding hydrogens is 514 g/mol. The monoisotopic (exact) mass is 537 g/mol. The predicted molar refractivity (Wildman–Crippen MR) is 144 cm³/mol. The van der Waals surface area contributed by atoms with Crippen molar-refractivity contribution in [2.24, 2.45) is 4.99 Å². The molecule has 0 bridgehead atoms. The van der Waals surface area contributed by atoms with Gasteiger partial charge in [0.15, 0.2) is 0 Å². The minimum absolute atomic E-state index is 0.0127. The molecule has 4 aromatic carbocycles. The summed E-state index contributed by atoms with van der Waals surface area (Å²) in [6.45, 7) is 0. The lowest BCUT2D eigenvalue weighted by Gasteiger charge is -2.20. The summed E-state index contributed by atoms with van der Waals surface area (Å²) in [5.74, 6) is -0.353. The Labute approximate surface area is 229 Å². The molecule has 0 aliphatic carbocycles. The van der Waals surface area contributed by atoms with E-state index >= 15 is 0 Å². The second-order valence-corrected chi connectivity index (χ2v) is 8.69. The Morgan fingerprint density at radius 3 is 1.80 bits per heavy atom. The number of para-hydroxylation sites is 2. The van der Waals surface area contributed by atoms with Gasteiger partial charge in [-0.1, -0.05) is 48.5 Å². The normalized spacial score (nSPS) is 15.9. The van der Waals surface area contributed by atoms with Crippen LogP contribution in [-0.2, 0) is 20.7 Å². The maximum atomic E-state index is 13.5. The lowest BCUT2D eigenvalue weighted by molar-refractivity contribution is -0.151. The summed E-state index contributed by atoms with van der Waals surface area (Å²) in [6, 6.07) is 29.9. The highest BCUT2D eigenvalue weighted by molar-refractivity contribution is 6.17. The number of hydrogen-bond acceptors (Lipinski definition) is 9. The maximum Gasteiger partial charge on any atom is 0.519 e. The Bertz CT molecular complexity index is 1530. The standard InChI is InChI=1S/C31H23NO8/c1-36-23-18-14-22(15-19-23)27-32-31(29(34)40-27,28(33)37-24-8-4-2-5-9-24)20-21-12-16-26(17-13-21)39-30(35)38-25-10-6-3-7-11-25/h2-19H,20H2,1H3/t31-/m0/s1. The van der Waals surface area contributed by atoms with Crippen molar-refractivity contribution in [2.45, 2.75) is 12.0 Å². The fourth-order valence-electron chi connectivity index (χ4n) is 3.94. The number of carbonyl (C=O) groups is 3. The van der Waals surface area contributed by atoms with E-state index in [1.807, 2.05) is 0 Å². The first kappa shape index (κ1) is 26.2. The molecule has 4 aromatic rings. The number of ether oxygens (including phenoxy) is 5. The van der Waals surface area contributed by atoms with Crippen molar-refractivity contribution in [3.05, 3.63) is 120 Å². The van der Waals surface area contributed by atoms with E-state index < -0.39 is 23.6 Å². The van der Waals surface area contributed by atoms with Gasteiger partial charge >= 0.3 is 18.1 Å². The van der Waals surface area contributed by atoms with E-state index in [4.69, 9.17) is 23.7 Å². The number of cyclic esters (lactones) is 1. The first-order valence-electron chi connectivity index (χ1n) is 12.2. The number of esters is 2. The van der Waals surface area contributed by atoms with Gasteiger partial charge in [0.05, 0.1) is 7.11 Å². The van der Waals surface area contributed by atoms with Gasteiger partial charge in [0.25, 0.3) is 5.54 Å². The van der Waals surface area contributed by atoms with Crippen molar-refractivity contribution in [3.8, 4) is 23.0 Å². The molecule has 1 heterocycles. The smallest absolute Gasteiger partial charge is 0.497 e. The van der Waals surface area contributed by atoms with E-state index in [1.165, 1.54) is 19.2 Å². The first-order chi connectivity index (χ1) is 19.4. The Morgan fingerprint density at radius 2 is 1.23 bits per heavy atom. The molecule has 9 heteroatoms. The second kappa shape index (κ2) is 11.5. The molecule has 0 unspecified atom stereocenters. The van der Waals surface area contributed by atoms with Crippen LogP contribution in [0.1, 0.15) is 11.1 Å². The zero-order valence-electron chi connectivity index (χ0n) is 21.3. The summed E-state index contributed by atoms with van der Waals surface area (Å²) in [4.78, 5) is 43.3. The van der Waals surface area contributed by atoms with Crippen LogP contribution in [0.3, 0.4) is 0 Å². The number of carbonyl (C=O) groups excluding carboxylic acids is 3. The lowest BCUT2D eigenvalue weighted by atomic mass is 9.91. The van der Waals surface area contributed by atoms with Crippen molar-refractivity contribution < 1.29 is 38.1 Å². The maximum absolute atomic E-state index is 13.5. The van der Waals surface area contributed by atoms with Crippen molar-refractivity contribution >= 4 is 24.0 Å². The van der Waals surface area contributed by atoms with Crippen LogP contribution in [0.5, 0.6) is 23.0 Å². The van der Waals surface area contributed by atoms with Crippen LogP contribution in [0.15, 0.2) is 114 Å². The molecule has 0 saturated heterocycles. The van der Waals surface area contributed by atoms with Crippen LogP contribution in [0.2, 0.25) is 0 Å². The molecule has 1 aliphatic rings. The Balaban J connectivity index is 1.39. The molecule has 40 heavy (non-hydrogen) atoms. The third-order valence-electron chi connectivity index (χ3n) is 5.98. The van der Waals surface area contributed by atoms with Crippen molar-refractivity contribution in [2.75, 3.05) is 7.11 Å². The molecule has 0 fully saturated rings. The summed E-state index contributed by atoms with van der Waals surface area (Å²) in [6.07, 6.45) is -1.07. The molecule has 0 aromatic heterocycles. The highest BCUT2D eigenvalue weighted by Gasteiger charge is 2.54. The molecule has 0 N–H and O–H groups in total. The third kappa shape index (κ3) is 5.83. The second-order valence-electron chi connectivity index (χ2n) is 8.69. The van der Waals surface area contributed by atoms with Crippen LogP contribution in [0.4, 0.5) is 4.79 Å². The number of hydrogen-bond donors (Lipinski definition) is 0. The minimum Gasteiger partial charge on any atom is -0.497 e. The van der Waals surface area contributed by atoms with Gasteiger partial charge in [-0.15, -0.1) is 0 Å². The van der Waals surface area contributed by atoms with Crippen molar-refractivity contribution in [1.29, 1.82) is 0 Å². The zero-order valence-corrected chi connectivity index (χ0v) is 21.3. The van der Waals surface area contributed by atoms with Gasteiger partial charge in [0, 0.05) is 12.0 Å². The topological polar surface area (TPSA) is 110 Å². The fraction of sp³-hybridized carbons (Fsp3) is 0.0968. The van der Waals surface area contributed by atoms with Gasteiger partial charge in [-0.05, 0) is 66.2 Å². The molecule has 0 saturated carbocycles. The van der Waals surface area contributed by atoms with Gasteiger partial charge in [-0.3, -0.25) is 0 Å². The molecule has 200 valence electrons. The summed E-state index contributed by atoms with van der Waals surface area (Å²) < 4.78 is 26.6. The number of methoxy groups -OCH3 is 1. The van der Waals surface area contributed by atoms with E-state index in [-0.39, 0.29) is 23.8 Å². The van der Waals surface area contributed by atoms with Gasteiger partial charge in [-0.2, -0.15) is 0 Å². The van der Waals surface area contributed by atoms with E-state index in [0.29, 0.717) is 22.6 Å². The van der Waals surface area contributed by atoms with Crippen molar-refractivity contribution in [3.63, 3.8) is 0 Å². The fourth-order valence-corrected chi connectivity index (χ4v) is 3.94. The summed E-state index contributed by atoms with van der Waals surface area (Å²) in [7, 11) is 1.54. The van der Waals surface area contributed by atoms with E-state index in [1.54, 1.807) is 97.1 Å². The van der Waals surface area contributed by atoms with Gasteiger partial charge in [0.1, 0.15) is 23.0 Å². The Kier molecular flexibility index (Phi) is 7.54. The van der Waals surface area contributed by atoms with Crippen LogP contribution < -0.4 is 18.9 Å². The van der Waals surface area contributed by atoms with E-state index in [0.717, 1.165) is 0 Å². The SMILES string of the molecule is COc1ccc(C2=N[C@@](Cc3ccc(OC(=O)Oc4ccccc4)cc3)(C(=O)Oc3ccccc3)C(=O)O2)cc1. The van der Waals surface area contributed by atoms with Crippen LogP contribution in [0.25, 0.3) is 0 Å². The van der Waals surface area contributed by atoms with Crippen LogP contribution >= 0.6 is 0 Å². The van der Waals surface area contributed by atoms with Gasteiger partial charge in [-0.25, -0.2) is 19.4 Å². The highest BCUT2D eigenvalue weighted by Crippen LogP contribution is 2.31. The van der Waals surface area contributed by atoms with Gasteiger partial charge < -0.3 is 23.7 Å². The number of benzene rings is 4. The molecule has 1 aliphatic heterocycles. The summed E-state index contributed by atoms with van der Waals surface area (Å²) in [5, 5.41) is 0.